The Bertz CT molecular complexity index is 1310. The summed E-state index contributed by atoms with van der Waals surface area (Å²) in [6.45, 7) is 5.37. The van der Waals surface area contributed by atoms with Crippen LogP contribution in [-0.2, 0) is 4.74 Å². The van der Waals surface area contributed by atoms with Crippen LogP contribution in [0.15, 0.2) is 35.4 Å². The summed E-state index contributed by atoms with van der Waals surface area (Å²) in [5, 5.41) is 6.09. The summed E-state index contributed by atoms with van der Waals surface area (Å²) in [6, 6.07) is 6.32. The lowest BCUT2D eigenvalue weighted by Crippen LogP contribution is -2.12. The van der Waals surface area contributed by atoms with Crippen molar-refractivity contribution in [1.29, 1.82) is 0 Å². The first-order chi connectivity index (χ1) is 14.1. The van der Waals surface area contributed by atoms with Crippen LogP contribution in [0.2, 0.25) is 0 Å². The number of aromatic nitrogens is 4. The van der Waals surface area contributed by atoms with Gasteiger partial charge < -0.3 is 14.5 Å². The van der Waals surface area contributed by atoms with Crippen molar-refractivity contribution in [3.63, 3.8) is 0 Å². The number of methoxy groups -OCH3 is 1. The van der Waals surface area contributed by atoms with E-state index in [1.54, 1.807) is 13.3 Å². The summed E-state index contributed by atoms with van der Waals surface area (Å²) < 4.78 is 12.9. The summed E-state index contributed by atoms with van der Waals surface area (Å²) in [4.78, 5) is 20.1. The lowest BCUT2D eigenvalue weighted by Gasteiger charge is -2.14. The second-order valence-electron chi connectivity index (χ2n) is 7.53. The van der Waals surface area contributed by atoms with Crippen LogP contribution >= 0.6 is 17.0 Å². The molecule has 0 aliphatic carbocycles. The Morgan fingerprint density at radius 3 is 2.80 bits per heavy atom. The predicted octanol–water partition coefficient (Wildman–Crippen LogP) is 4.10. The lowest BCUT2D eigenvalue weighted by atomic mass is 9.96. The Morgan fingerprint density at radius 2 is 2.07 bits per heavy atom. The number of aryl methyl sites for hydroxylation is 1. The van der Waals surface area contributed by atoms with Gasteiger partial charge in [-0.1, -0.05) is 12.1 Å². The Morgan fingerprint density at radius 1 is 1.23 bits per heavy atom. The largest absolute Gasteiger partial charge is 0.481 e. The van der Waals surface area contributed by atoms with Crippen molar-refractivity contribution in [2.45, 2.75) is 26.3 Å². The molecule has 0 unspecified atom stereocenters. The van der Waals surface area contributed by atoms with Gasteiger partial charge in [0.15, 0.2) is 0 Å². The number of rotatable bonds is 3. The first kappa shape index (κ1) is 20.6. The molecule has 8 heteroatoms. The SMILES string of the molecule is Br.COc1ncc(C)c(-c2ccc3c(c2)[nH]c(=O)c2cnn([C@H]4CCOC4)c23)c1C. The molecule has 0 saturated carbocycles. The van der Waals surface area contributed by atoms with Crippen molar-refractivity contribution in [1.82, 2.24) is 19.7 Å². The molecule has 1 saturated heterocycles. The summed E-state index contributed by atoms with van der Waals surface area (Å²) >= 11 is 0. The van der Waals surface area contributed by atoms with Gasteiger partial charge in [-0.3, -0.25) is 9.48 Å². The fraction of sp³-hybridized carbons (Fsp3) is 0.318. The predicted molar refractivity (Wildman–Crippen MR) is 122 cm³/mol. The Kier molecular flexibility index (Phi) is 5.38. The summed E-state index contributed by atoms with van der Waals surface area (Å²) in [6.07, 6.45) is 4.37. The number of nitrogens with zero attached hydrogens (tertiary/aromatic N) is 3. The van der Waals surface area contributed by atoms with Crippen molar-refractivity contribution in [3.8, 4) is 17.0 Å². The van der Waals surface area contributed by atoms with E-state index in [9.17, 15) is 4.79 Å². The molecule has 7 nitrogen and oxygen atoms in total. The van der Waals surface area contributed by atoms with Crippen molar-refractivity contribution in [3.05, 3.63) is 52.1 Å². The second-order valence-corrected chi connectivity index (χ2v) is 7.53. The number of H-pyrrole nitrogens is 1. The third-order valence-corrected chi connectivity index (χ3v) is 5.76. The zero-order chi connectivity index (χ0) is 20.1. The molecule has 0 spiro atoms. The molecule has 0 radical (unpaired) electrons. The maximum absolute atomic E-state index is 12.7. The average molecular weight is 471 g/mol. The number of halogens is 1. The summed E-state index contributed by atoms with van der Waals surface area (Å²) in [5.41, 5.74) is 5.64. The van der Waals surface area contributed by atoms with E-state index in [1.165, 1.54) is 0 Å². The lowest BCUT2D eigenvalue weighted by molar-refractivity contribution is 0.185. The van der Waals surface area contributed by atoms with Crippen molar-refractivity contribution >= 4 is 38.8 Å². The van der Waals surface area contributed by atoms with E-state index in [0.717, 1.165) is 51.7 Å². The van der Waals surface area contributed by atoms with Crippen molar-refractivity contribution in [2.75, 3.05) is 20.3 Å². The van der Waals surface area contributed by atoms with Gasteiger partial charge in [-0.25, -0.2) is 4.98 Å². The zero-order valence-electron chi connectivity index (χ0n) is 17.1. The molecule has 3 aromatic heterocycles. The molecule has 30 heavy (non-hydrogen) atoms. The number of fused-ring (bicyclic) bond motifs is 3. The number of ether oxygens (including phenoxy) is 2. The summed E-state index contributed by atoms with van der Waals surface area (Å²) in [5.74, 6) is 0.606. The van der Waals surface area contributed by atoms with Gasteiger partial charge in [0, 0.05) is 23.8 Å². The van der Waals surface area contributed by atoms with E-state index in [1.807, 2.05) is 30.8 Å². The third kappa shape index (κ3) is 3.11. The highest BCUT2D eigenvalue weighted by atomic mass is 79.9. The van der Waals surface area contributed by atoms with E-state index in [0.29, 0.717) is 17.9 Å². The number of hydrogen-bond acceptors (Lipinski definition) is 5. The maximum atomic E-state index is 12.7. The van der Waals surface area contributed by atoms with Gasteiger partial charge in [-0.2, -0.15) is 5.10 Å². The molecule has 1 N–H and O–H groups in total. The van der Waals surface area contributed by atoms with E-state index >= 15 is 0 Å². The van der Waals surface area contributed by atoms with Crippen LogP contribution in [0.5, 0.6) is 5.88 Å². The van der Waals surface area contributed by atoms with Crippen LogP contribution in [0.25, 0.3) is 32.9 Å². The van der Waals surface area contributed by atoms with Crippen LogP contribution < -0.4 is 10.3 Å². The number of nitrogens with one attached hydrogen (secondary N) is 1. The van der Waals surface area contributed by atoms with Gasteiger partial charge in [-0.15, -0.1) is 17.0 Å². The molecule has 1 aliphatic heterocycles. The molecule has 1 aromatic carbocycles. The van der Waals surface area contributed by atoms with Crippen LogP contribution in [0, 0.1) is 13.8 Å². The van der Waals surface area contributed by atoms with Gasteiger partial charge in [0.05, 0.1) is 42.4 Å². The number of aromatic amines is 1. The Labute approximate surface area is 183 Å². The third-order valence-electron chi connectivity index (χ3n) is 5.76. The molecule has 0 bridgehead atoms. The number of hydrogen-bond donors (Lipinski definition) is 1. The van der Waals surface area contributed by atoms with Gasteiger partial charge in [0.1, 0.15) is 0 Å². The van der Waals surface area contributed by atoms with Crippen LogP contribution in [0.3, 0.4) is 0 Å². The molecule has 1 atom stereocenters. The highest BCUT2D eigenvalue weighted by Gasteiger charge is 2.22. The Balaban J connectivity index is 0.00000218. The maximum Gasteiger partial charge on any atom is 0.259 e. The second kappa shape index (κ2) is 7.85. The van der Waals surface area contributed by atoms with Crippen molar-refractivity contribution in [2.24, 2.45) is 0 Å². The van der Waals surface area contributed by atoms with Gasteiger partial charge >= 0.3 is 0 Å². The molecule has 5 rings (SSSR count). The Hall–Kier alpha value is -2.71. The van der Waals surface area contributed by atoms with Gasteiger partial charge in [0.25, 0.3) is 5.56 Å². The fourth-order valence-corrected chi connectivity index (χ4v) is 4.36. The molecule has 0 amide bonds. The molecule has 156 valence electrons. The first-order valence-electron chi connectivity index (χ1n) is 9.70. The smallest absolute Gasteiger partial charge is 0.259 e. The van der Waals surface area contributed by atoms with Crippen LogP contribution in [0.1, 0.15) is 23.6 Å². The van der Waals surface area contributed by atoms with E-state index < -0.39 is 0 Å². The highest BCUT2D eigenvalue weighted by Crippen LogP contribution is 2.34. The molecular formula is C22H23BrN4O3. The first-order valence-corrected chi connectivity index (χ1v) is 9.70. The number of benzene rings is 1. The molecule has 4 aromatic rings. The summed E-state index contributed by atoms with van der Waals surface area (Å²) in [7, 11) is 1.62. The molecule has 4 heterocycles. The topological polar surface area (TPSA) is 82.0 Å². The average Bonchev–Trinajstić information content (AvgIpc) is 3.38. The van der Waals surface area contributed by atoms with E-state index in [2.05, 4.69) is 27.2 Å². The molecular weight excluding hydrogens is 448 g/mol. The molecule has 1 aliphatic rings. The van der Waals surface area contributed by atoms with E-state index in [-0.39, 0.29) is 28.6 Å². The minimum atomic E-state index is -0.129. The monoisotopic (exact) mass is 470 g/mol. The zero-order valence-corrected chi connectivity index (χ0v) is 18.8. The minimum Gasteiger partial charge on any atom is -0.481 e. The highest BCUT2D eigenvalue weighted by molar-refractivity contribution is 8.93. The van der Waals surface area contributed by atoms with Crippen LogP contribution in [0.4, 0.5) is 0 Å². The van der Waals surface area contributed by atoms with Crippen LogP contribution in [-0.4, -0.2) is 40.1 Å². The van der Waals surface area contributed by atoms with Crippen molar-refractivity contribution < 1.29 is 9.47 Å². The van der Waals surface area contributed by atoms with Gasteiger partial charge in [0.2, 0.25) is 5.88 Å². The quantitative estimate of drug-likeness (QED) is 0.487. The minimum absolute atomic E-state index is 0. The van der Waals surface area contributed by atoms with E-state index in [4.69, 9.17) is 9.47 Å². The number of pyridine rings is 2. The molecule has 1 fully saturated rings. The normalized spacial score (nSPS) is 16.2. The van der Waals surface area contributed by atoms with Gasteiger partial charge in [-0.05, 0) is 43.0 Å². The standard InChI is InChI=1S/C22H22N4O3.BrH/c1-12-9-23-22(28-3)13(2)19(12)14-4-5-16-18(8-14)25-21(27)17-10-24-26(20(16)17)15-6-7-29-11-15;/h4-5,8-10,15H,6-7,11H2,1-3H3,(H,25,27);1H/t15-;/m0./s1. The fourth-order valence-electron chi connectivity index (χ4n) is 4.36.